The zero-order valence-corrected chi connectivity index (χ0v) is 13.5. The molecule has 6 heteroatoms. The topological polar surface area (TPSA) is 38.0 Å². The normalized spacial score (nSPS) is 12.4. The summed E-state index contributed by atoms with van der Waals surface area (Å²) in [4.78, 5) is 1.00. The summed E-state index contributed by atoms with van der Waals surface area (Å²) in [6, 6.07) is 12.4. The molecule has 0 aliphatic heterocycles. The zero-order chi connectivity index (χ0) is 15.2. The van der Waals surface area contributed by atoms with Crippen LogP contribution in [0.15, 0.2) is 47.4 Å². The third-order valence-electron chi connectivity index (χ3n) is 2.98. The first kappa shape index (κ1) is 16.6. The summed E-state index contributed by atoms with van der Waals surface area (Å²) < 4.78 is 13.4. The van der Waals surface area contributed by atoms with E-state index in [2.05, 4.69) is 5.43 Å². The van der Waals surface area contributed by atoms with E-state index in [0.717, 1.165) is 21.2 Å². The van der Waals surface area contributed by atoms with Crippen LogP contribution in [0.5, 0.6) is 0 Å². The van der Waals surface area contributed by atoms with E-state index in [-0.39, 0.29) is 11.1 Å². The third kappa shape index (κ3) is 4.87. The van der Waals surface area contributed by atoms with E-state index in [1.807, 2.05) is 24.3 Å². The van der Waals surface area contributed by atoms with E-state index in [0.29, 0.717) is 6.42 Å². The van der Waals surface area contributed by atoms with Crippen LogP contribution < -0.4 is 11.3 Å². The van der Waals surface area contributed by atoms with Gasteiger partial charge in [-0.3, -0.25) is 11.3 Å². The van der Waals surface area contributed by atoms with Crippen LogP contribution in [-0.4, -0.2) is 11.8 Å². The van der Waals surface area contributed by atoms with Crippen LogP contribution in [0.4, 0.5) is 4.39 Å². The highest BCUT2D eigenvalue weighted by molar-refractivity contribution is 7.99. The number of nitrogens with two attached hydrogens (primary N) is 1. The Labute approximate surface area is 137 Å². The fourth-order valence-electron chi connectivity index (χ4n) is 1.87. The van der Waals surface area contributed by atoms with E-state index >= 15 is 0 Å². The fraction of sp³-hybridized carbons (Fsp3) is 0.200. The lowest BCUT2D eigenvalue weighted by atomic mass is 10.1. The Morgan fingerprint density at radius 1 is 1.14 bits per heavy atom. The molecule has 0 fully saturated rings. The number of thioether (sulfide) groups is 1. The average Bonchev–Trinajstić information content (AvgIpc) is 2.48. The highest BCUT2D eigenvalue weighted by Crippen LogP contribution is 2.27. The van der Waals surface area contributed by atoms with Gasteiger partial charge in [-0.15, -0.1) is 11.8 Å². The van der Waals surface area contributed by atoms with Gasteiger partial charge in [-0.2, -0.15) is 0 Å². The minimum atomic E-state index is -0.413. The summed E-state index contributed by atoms with van der Waals surface area (Å²) in [6.07, 6.45) is 0.613. The summed E-state index contributed by atoms with van der Waals surface area (Å²) in [5.74, 6) is 5.89. The molecule has 0 spiro atoms. The summed E-state index contributed by atoms with van der Waals surface area (Å²) >= 11 is 13.4. The van der Waals surface area contributed by atoms with Crippen LogP contribution in [0.2, 0.25) is 10.0 Å². The van der Waals surface area contributed by atoms with Crippen molar-refractivity contribution < 1.29 is 4.39 Å². The Balaban J connectivity index is 1.97. The van der Waals surface area contributed by atoms with Gasteiger partial charge in [-0.05, 0) is 36.2 Å². The van der Waals surface area contributed by atoms with Gasteiger partial charge >= 0.3 is 0 Å². The van der Waals surface area contributed by atoms with Crippen molar-refractivity contribution in [3.05, 3.63) is 63.9 Å². The van der Waals surface area contributed by atoms with Gasteiger partial charge in [0.2, 0.25) is 0 Å². The van der Waals surface area contributed by atoms with Crippen molar-refractivity contribution in [2.75, 3.05) is 5.75 Å². The number of rotatable bonds is 6. The lowest BCUT2D eigenvalue weighted by molar-refractivity contribution is 0.570. The van der Waals surface area contributed by atoms with E-state index in [1.54, 1.807) is 23.9 Å². The summed E-state index contributed by atoms with van der Waals surface area (Å²) in [5, 5.41) is 0.845. The van der Waals surface area contributed by atoms with Gasteiger partial charge in [0, 0.05) is 16.7 Å². The van der Waals surface area contributed by atoms with Crippen LogP contribution in [-0.2, 0) is 6.42 Å². The van der Waals surface area contributed by atoms with Crippen molar-refractivity contribution in [2.45, 2.75) is 17.4 Å². The highest BCUT2D eigenvalue weighted by Gasteiger charge is 2.11. The zero-order valence-electron chi connectivity index (χ0n) is 11.2. The van der Waals surface area contributed by atoms with E-state index in [1.165, 1.54) is 6.07 Å². The van der Waals surface area contributed by atoms with Crippen molar-refractivity contribution in [1.29, 1.82) is 0 Å². The van der Waals surface area contributed by atoms with E-state index in [4.69, 9.17) is 29.0 Å². The lowest BCUT2D eigenvalue weighted by Crippen LogP contribution is -2.38. The number of nitrogens with one attached hydrogen (secondary N) is 1. The van der Waals surface area contributed by atoms with Crippen molar-refractivity contribution in [3.8, 4) is 0 Å². The maximum atomic E-state index is 13.4. The molecule has 112 valence electrons. The highest BCUT2D eigenvalue weighted by atomic mass is 35.5. The second-order valence-corrected chi connectivity index (χ2v) is 6.43. The maximum Gasteiger partial charge on any atom is 0.142 e. The lowest BCUT2D eigenvalue weighted by Gasteiger charge is -2.16. The Hall–Kier alpha value is -0.780. The summed E-state index contributed by atoms with van der Waals surface area (Å²) in [5.41, 5.74) is 3.60. The average molecular weight is 345 g/mol. The molecule has 0 radical (unpaired) electrons. The van der Waals surface area contributed by atoms with Crippen molar-refractivity contribution >= 4 is 35.0 Å². The molecule has 0 aliphatic carbocycles. The molecule has 1 atom stereocenters. The van der Waals surface area contributed by atoms with Gasteiger partial charge < -0.3 is 0 Å². The number of benzene rings is 2. The summed E-state index contributed by atoms with van der Waals surface area (Å²) in [6.45, 7) is 0. The smallest absolute Gasteiger partial charge is 0.142 e. The molecule has 2 aromatic rings. The van der Waals surface area contributed by atoms with Crippen molar-refractivity contribution in [3.63, 3.8) is 0 Å². The Morgan fingerprint density at radius 3 is 2.57 bits per heavy atom. The number of hydrogen-bond acceptors (Lipinski definition) is 3. The maximum absolute atomic E-state index is 13.4. The Bertz CT molecular complexity index is 610. The molecule has 2 nitrogen and oxygen atoms in total. The van der Waals surface area contributed by atoms with Crippen molar-refractivity contribution in [1.82, 2.24) is 5.43 Å². The van der Waals surface area contributed by atoms with Gasteiger partial charge in [0.1, 0.15) is 5.82 Å². The largest absolute Gasteiger partial charge is 0.271 e. The molecular formula is C15H15Cl2FN2S. The SMILES string of the molecule is NNC(CSc1ccccc1Cl)Cc1ccc(Cl)c(F)c1. The molecule has 2 rings (SSSR count). The van der Waals surface area contributed by atoms with Crippen LogP contribution >= 0.6 is 35.0 Å². The van der Waals surface area contributed by atoms with Crippen LogP contribution in [0, 0.1) is 5.82 Å². The first-order chi connectivity index (χ1) is 10.1. The molecule has 2 aromatic carbocycles. The first-order valence-electron chi connectivity index (χ1n) is 6.37. The Kier molecular flexibility index (Phi) is 6.33. The minimum Gasteiger partial charge on any atom is -0.271 e. The van der Waals surface area contributed by atoms with Gasteiger partial charge in [0.25, 0.3) is 0 Å². The van der Waals surface area contributed by atoms with Crippen LogP contribution in [0.1, 0.15) is 5.56 Å². The van der Waals surface area contributed by atoms with E-state index in [9.17, 15) is 4.39 Å². The molecule has 1 unspecified atom stereocenters. The molecule has 0 aliphatic rings. The predicted octanol–water partition coefficient (Wildman–Crippen LogP) is 4.30. The second-order valence-electron chi connectivity index (χ2n) is 4.56. The predicted molar refractivity (Wildman–Crippen MR) is 88.4 cm³/mol. The fourth-order valence-corrected chi connectivity index (χ4v) is 3.26. The van der Waals surface area contributed by atoms with Gasteiger partial charge in [0.15, 0.2) is 0 Å². The molecule has 0 saturated carbocycles. The Morgan fingerprint density at radius 2 is 1.90 bits per heavy atom. The second kappa shape index (κ2) is 8.01. The molecule has 21 heavy (non-hydrogen) atoms. The molecule has 3 N–H and O–H groups in total. The number of hydrogen-bond donors (Lipinski definition) is 2. The monoisotopic (exact) mass is 344 g/mol. The molecular weight excluding hydrogens is 330 g/mol. The first-order valence-corrected chi connectivity index (χ1v) is 8.11. The molecule has 0 amide bonds. The standard InChI is InChI=1S/C15H15Cl2FN2S/c16-12-6-5-10(8-14(12)18)7-11(20-19)9-21-15-4-2-1-3-13(15)17/h1-6,8,11,20H,7,9,19H2. The number of halogens is 3. The van der Waals surface area contributed by atoms with Gasteiger partial charge in [-0.25, -0.2) is 4.39 Å². The van der Waals surface area contributed by atoms with Crippen LogP contribution in [0.25, 0.3) is 0 Å². The minimum absolute atomic E-state index is 0.00634. The molecule has 0 heterocycles. The quantitative estimate of drug-likeness (QED) is 0.466. The van der Waals surface area contributed by atoms with Crippen molar-refractivity contribution in [2.24, 2.45) is 5.84 Å². The van der Waals surface area contributed by atoms with E-state index < -0.39 is 5.82 Å². The molecule has 0 saturated heterocycles. The number of hydrazine groups is 1. The van der Waals surface area contributed by atoms with Gasteiger partial charge in [0.05, 0.1) is 10.0 Å². The summed E-state index contributed by atoms with van der Waals surface area (Å²) in [7, 11) is 0. The van der Waals surface area contributed by atoms with Gasteiger partial charge in [-0.1, -0.05) is 41.4 Å². The third-order valence-corrected chi connectivity index (χ3v) is 4.96. The molecule has 0 bridgehead atoms. The van der Waals surface area contributed by atoms with Crippen LogP contribution in [0.3, 0.4) is 0 Å². The molecule has 0 aromatic heterocycles.